The maximum absolute atomic E-state index is 12.2. The number of aliphatic hydroxyl groups is 1. The molecule has 2 fully saturated rings. The summed E-state index contributed by atoms with van der Waals surface area (Å²) in [7, 11) is 0. The van der Waals surface area contributed by atoms with Gasteiger partial charge in [-0.3, -0.25) is 19.6 Å². The molecule has 3 aromatic rings. The van der Waals surface area contributed by atoms with E-state index in [2.05, 4.69) is 45.3 Å². The molecule has 0 bridgehead atoms. The number of aromatic nitrogens is 3. The second kappa shape index (κ2) is 15.2. The minimum atomic E-state index is -0.569. The van der Waals surface area contributed by atoms with Crippen LogP contribution >= 0.6 is 0 Å². The van der Waals surface area contributed by atoms with Gasteiger partial charge < -0.3 is 16.6 Å². The van der Waals surface area contributed by atoms with Crippen molar-refractivity contribution in [1.29, 1.82) is 0 Å². The summed E-state index contributed by atoms with van der Waals surface area (Å²) in [5.41, 5.74) is 4.79. The summed E-state index contributed by atoms with van der Waals surface area (Å²) in [5.74, 6) is 1.33. The van der Waals surface area contributed by atoms with E-state index in [0.717, 1.165) is 48.5 Å². The molecule has 9 heteroatoms. The highest BCUT2D eigenvalue weighted by atomic mass is 16.3. The average Bonchev–Trinajstić information content (AvgIpc) is 3.70. The van der Waals surface area contributed by atoms with Crippen molar-refractivity contribution >= 4 is 17.5 Å². The van der Waals surface area contributed by atoms with E-state index < -0.39 is 5.60 Å². The molecule has 1 aromatic carbocycles. The number of anilines is 1. The van der Waals surface area contributed by atoms with Gasteiger partial charge in [0.25, 0.3) is 0 Å². The van der Waals surface area contributed by atoms with Crippen LogP contribution < -0.4 is 11.5 Å². The minimum Gasteiger partial charge on any atom is -0.390 e. The van der Waals surface area contributed by atoms with Crippen molar-refractivity contribution < 1.29 is 17.5 Å². The number of benzene rings is 1. The number of rotatable bonds is 9. The molecule has 1 atom stereocenters. The number of carbonyl (C=O) groups is 2. The van der Waals surface area contributed by atoms with E-state index in [-0.39, 0.29) is 32.5 Å². The molecule has 1 saturated carbocycles. The van der Waals surface area contributed by atoms with E-state index in [1.54, 1.807) is 19.2 Å². The second-order valence-corrected chi connectivity index (χ2v) is 12.3. The summed E-state index contributed by atoms with van der Waals surface area (Å²) in [6.45, 7) is 12.0. The van der Waals surface area contributed by atoms with Crippen molar-refractivity contribution in [2.75, 3.05) is 25.0 Å². The van der Waals surface area contributed by atoms with Crippen LogP contribution in [0.15, 0.2) is 60.8 Å². The zero-order valence-electron chi connectivity index (χ0n) is 26.3. The molecule has 0 spiro atoms. The zero-order chi connectivity index (χ0) is 30.3. The van der Waals surface area contributed by atoms with Crippen LogP contribution in [0.3, 0.4) is 0 Å². The number of likely N-dealkylation sites (tertiary alicyclic amines) is 1. The Bertz CT molecular complexity index is 1380. The fraction of sp³-hybridized carbons (Fsp3) is 0.471. The fourth-order valence-corrected chi connectivity index (χ4v) is 5.36. The maximum Gasteiger partial charge on any atom is 0.249 e. The third-order valence-corrected chi connectivity index (χ3v) is 7.99. The summed E-state index contributed by atoms with van der Waals surface area (Å²) >= 11 is 0. The van der Waals surface area contributed by atoms with Crippen molar-refractivity contribution in [3.05, 3.63) is 77.8 Å². The van der Waals surface area contributed by atoms with Crippen LogP contribution in [0.5, 0.6) is 0 Å². The van der Waals surface area contributed by atoms with Crippen molar-refractivity contribution in [2.24, 2.45) is 5.92 Å². The Morgan fingerprint density at radius 1 is 1.16 bits per heavy atom. The highest BCUT2D eigenvalue weighted by Gasteiger charge is 2.27. The SMILES string of the molecule is CC(=O)C(c1cccc(-c2ccc(NC(=O)/C=C/CN3CCC(C)(O)CC3)nc2)c1)C(C)C.Cc1cc(C2CC2)n[nH]1.N.[HH].[HH]. The molecule has 1 unspecified atom stereocenters. The van der Waals surface area contributed by atoms with Crippen molar-refractivity contribution in [3.8, 4) is 11.1 Å². The first-order valence-electron chi connectivity index (χ1n) is 15.0. The molecule has 2 aliphatic rings. The lowest BCUT2D eigenvalue weighted by molar-refractivity contribution is -0.119. The van der Waals surface area contributed by atoms with Gasteiger partial charge in [-0.2, -0.15) is 5.10 Å². The maximum atomic E-state index is 12.2. The lowest BCUT2D eigenvalue weighted by atomic mass is 9.84. The topological polar surface area (TPSA) is 146 Å². The Kier molecular flexibility index (Phi) is 11.9. The monoisotopic (exact) mass is 592 g/mol. The Balaban J connectivity index is 0.000000719. The number of carbonyl (C=O) groups excluding carboxylic acids is 2. The van der Waals surface area contributed by atoms with Gasteiger partial charge in [0.1, 0.15) is 11.6 Å². The van der Waals surface area contributed by atoms with Crippen molar-refractivity contribution in [2.45, 2.75) is 77.7 Å². The normalized spacial score (nSPS) is 17.1. The Morgan fingerprint density at radius 3 is 2.44 bits per heavy atom. The van der Waals surface area contributed by atoms with Crippen molar-refractivity contribution in [3.63, 3.8) is 0 Å². The molecule has 0 radical (unpaired) electrons. The molecular weight excluding hydrogens is 540 g/mol. The zero-order valence-corrected chi connectivity index (χ0v) is 26.3. The third-order valence-electron chi connectivity index (χ3n) is 7.99. The summed E-state index contributed by atoms with van der Waals surface area (Å²) in [4.78, 5) is 30.9. The standard InChI is InChI=1S/C27H35N3O3.C7H10N2.H3N.2H2/c1-19(2)26(20(3)31)22-8-5-7-21(17-22)23-10-11-24(28-18-23)29-25(32)9-6-14-30-15-12-27(4,33)13-16-30;1-5-4-7(9-8-5)6-2-3-6;;;/h5-11,17-19,26,33H,12-16H2,1-4H3,(H,28,29,32);4,6H,2-3H2,1H3,(H,8,9);1H3;2*1H/b9-6+;;;;. The smallest absolute Gasteiger partial charge is 0.249 e. The molecule has 2 aromatic heterocycles. The Morgan fingerprint density at radius 2 is 1.88 bits per heavy atom. The van der Waals surface area contributed by atoms with Crippen LogP contribution in [0.1, 0.15) is 85.0 Å². The van der Waals surface area contributed by atoms with Crippen LogP contribution in [-0.4, -0.2) is 62.1 Å². The van der Waals surface area contributed by atoms with Gasteiger partial charge in [-0.1, -0.05) is 44.2 Å². The van der Waals surface area contributed by atoms with E-state index >= 15 is 0 Å². The summed E-state index contributed by atoms with van der Waals surface area (Å²) in [6, 6.07) is 13.8. The molecular formula is C34H52N6O3. The Hall–Kier alpha value is -3.66. The van der Waals surface area contributed by atoms with Gasteiger partial charge in [0.05, 0.1) is 11.3 Å². The number of nitrogens with zero attached hydrogens (tertiary/aromatic N) is 3. The lowest BCUT2D eigenvalue weighted by Gasteiger charge is -2.35. The van der Waals surface area contributed by atoms with Gasteiger partial charge in [0, 0.05) is 57.9 Å². The molecule has 9 nitrogen and oxygen atoms in total. The number of H-pyrrole nitrogens is 1. The molecule has 43 heavy (non-hydrogen) atoms. The van der Waals surface area contributed by atoms with E-state index in [0.29, 0.717) is 12.4 Å². The number of aryl methyl sites for hydroxylation is 1. The van der Waals surface area contributed by atoms with Gasteiger partial charge in [0.15, 0.2) is 0 Å². The molecule has 6 N–H and O–H groups in total. The molecule has 236 valence electrons. The van der Waals surface area contributed by atoms with Gasteiger partial charge in [-0.25, -0.2) is 4.98 Å². The molecule has 5 rings (SSSR count). The number of ketones is 1. The van der Waals surface area contributed by atoms with Crippen molar-refractivity contribution in [1.82, 2.24) is 26.2 Å². The van der Waals surface area contributed by atoms with Crippen LogP contribution in [0.2, 0.25) is 0 Å². The van der Waals surface area contributed by atoms with Crippen LogP contribution in [0.25, 0.3) is 11.1 Å². The second-order valence-electron chi connectivity index (χ2n) is 12.3. The van der Waals surface area contributed by atoms with Gasteiger partial charge in [0.2, 0.25) is 5.91 Å². The Labute approximate surface area is 258 Å². The highest BCUT2D eigenvalue weighted by Crippen LogP contribution is 2.38. The lowest BCUT2D eigenvalue weighted by Crippen LogP contribution is -2.42. The minimum absolute atomic E-state index is 0. The van der Waals surface area contributed by atoms with Crippen LogP contribution in [0, 0.1) is 12.8 Å². The highest BCUT2D eigenvalue weighted by molar-refractivity contribution is 5.98. The number of Topliss-reactive ketones (excluding diaryl/α,β-unsaturated/α-hetero) is 1. The van der Waals surface area contributed by atoms with Gasteiger partial charge in [-0.15, -0.1) is 0 Å². The van der Waals surface area contributed by atoms with Gasteiger partial charge >= 0.3 is 0 Å². The quantitative estimate of drug-likeness (QED) is 0.203. The number of amides is 1. The number of aromatic amines is 1. The number of pyridine rings is 1. The van der Waals surface area contributed by atoms with E-state index in [4.69, 9.17) is 0 Å². The number of hydrogen-bond acceptors (Lipinski definition) is 7. The number of hydrogen-bond donors (Lipinski definition) is 4. The first-order valence-corrected chi connectivity index (χ1v) is 15.0. The molecule has 3 heterocycles. The first-order chi connectivity index (χ1) is 20.0. The van der Waals surface area contributed by atoms with E-state index in [9.17, 15) is 14.7 Å². The van der Waals surface area contributed by atoms with Crippen LogP contribution in [0.4, 0.5) is 5.82 Å². The largest absolute Gasteiger partial charge is 0.390 e. The fourth-order valence-electron chi connectivity index (χ4n) is 5.36. The summed E-state index contributed by atoms with van der Waals surface area (Å²) in [6.07, 6.45) is 9.28. The van der Waals surface area contributed by atoms with Crippen LogP contribution in [-0.2, 0) is 9.59 Å². The predicted octanol–water partition coefficient (Wildman–Crippen LogP) is 6.67. The molecule has 1 aliphatic carbocycles. The molecule has 1 amide bonds. The average molecular weight is 593 g/mol. The third kappa shape index (κ3) is 10.2. The predicted molar refractivity (Wildman–Crippen MR) is 177 cm³/mol. The molecule has 1 aliphatic heterocycles. The molecule has 1 saturated heterocycles. The van der Waals surface area contributed by atoms with E-state index in [1.165, 1.54) is 30.3 Å². The van der Waals surface area contributed by atoms with E-state index in [1.807, 2.05) is 50.3 Å². The number of nitrogens with one attached hydrogen (secondary N) is 2. The summed E-state index contributed by atoms with van der Waals surface area (Å²) in [5, 5.41) is 19.9. The van der Waals surface area contributed by atoms with Gasteiger partial charge in [-0.05, 0) is 81.7 Å². The number of piperidine rings is 1. The summed E-state index contributed by atoms with van der Waals surface area (Å²) < 4.78 is 0. The first kappa shape index (κ1) is 33.8.